The summed E-state index contributed by atoms with van der Waals surface area (Å²) in [7, 11) is -3.77. The van der Waals surface area contributed by atoms with E-state index in [4.69, 9.17) is 0 Å². The Labute approximate surface area is 114 Å². The minimum absolute atomic E-state index is 0.143. The number of rotatable bonds is 6. The van der Waals surface area contributed by atoms with Crippen molar-refractivity contribution in [3.05, 3.63) is 29.3 Å². The Morgan fingerprint density at radius 2 is 1.58 bits per heavy atom. The van der Waals surface area contributed by atoms with E-state index in [0.29, 0.717) is 6.42 Å². The molecule has 0 aliphatic rings. The molecule has 0 saturated heterocycles. The van der Waals surface area contributed by atoms with Crippen LogP contribution in [0, 0.1) is 13.8 Å². The standard InChI is InChI=1S/C13H21NO4S/c1-4-13(8-15,9-16)14-19(17,18)12-6-10(2)5-11(3)7-12/h5-7,14-16H,4,8-9H2,1-3H3. The van der Waals surface area contributed by atoms with Crippen molar-refractivity contribution in [3.8, 4) is 0 Å². The maximum absolute atomic E-state index is 12.3. The molecule has 0 bridgehead atoms. The Hall–Kier alpha value is -0.950. The summed E-state index contributed by atoms with van der Waals surface area (Å²) < 4.78 is 27.0. The van der Waals surface area contributed by atoms with Gasteiger partial charge in [-0.3, -0.25) is 0 Å². The second-order valence-electron chi connectivity index (χ2n) is 4.88. The molecule has 0 amide bonds. The van der Waals surface area contributed by atoms with Crippen LogP contribution in [0.15, 0.2) is 23.1 Å². The number of hydrogen-bond acceptors (Lipinski definition) is 4. The minimum Gasteiger partial charge on any atom is -0.394 e. The van der Waals surface area contributed by atoms with Gasteiger partial charge in [0.2, 0.25) is 10.0 Å². The Morgan fingerprint density at radius 1 is 1.11 bits per heavy atom. The highest BCUT2D eigenvalue weighted by molar-refractivity contribution is 7.89. The normalized spacial score (nSPS) is 12.7. The Morgan fingerprint density at radius 3 is 1.95 bits per heavy atom. The van der Waals surface area contributed by atoms with Crippen LogP contribution in [0.1, 0.15) is 24.5 Å². The summed E-state index contributed by atoms with van der Waals surface area (Å²) in [5.41, 5.74) is 0.460. The van der Waals surface area contributed by atoms with Gasteiger partial charge in [0.15, 0.2) is 0 Å². The molecule has 1 aromatic carbocycles. The van der Waals surface area contributed by atoms with E-state index in [2.05, 4.69) is 4.72 Å². The molecule has 19 heavy (non-hydrogen) atoms. The first kappa shape index (κ1) is 16.1. The van der Waals surface area contributed by atoms with Gasteiger partial charge >= 0.3 is 0 Å². The van der Waals surface area contributed by atoms with E-state index in [0.717, 1.165) is 11.1 Å². The average molecular weight is 287 g/mol. The molecule has 0 atom stereocenters. The lowest BCUT2D eigenvalue weighted by atomic mass is 10.0. The van der Waals surface area contributed by atoms with Crippen LogP contribution < -0.4 is 4.72 Å². The van der Waals surface area contributed by atoms with Gasteiger partial charge in [0, 0.05) is 0 Å². The maximum Gasteiger partial charge on any atom is 0.241 e. The minimum atomic E-state index is -3.77. The van der Waals surface area contributed by atoms with Gasteiger partial charge in [-0.15, -0.1) is 0 Å². The van der Waals surface area contributed by atoms with Crippen LogP contribution >= 0.6 is 0 Å². The van der Waals surface area contributed by atoms with E-state index in [1.807, 2.05) is 19.9 Å². The predicted molar refractivity (Wildman–Crippen MR) is 73.4 cm³/mol. The highest BCUT2D eigenvalue weighted by Crippen LogP contribution is 2.18. The Kier molecular flexibility index (Phi) is 5.09. The van der Waals surface area contributed by atoms with Crippen molar-refractivity contribution >= 4 is 10.0 Å². The molecule has 0 aliphatic heterocycles. The Balaban J connectivity index is 3.17. The summed E-state index contributed by atoms with van der Waals surface area (Å²) in [6, 6.07) is 5.00. The number of benzene rings is 1. The molecule has 0 fully saturated rings. The highest BCUT2D eigenvalue weighted by atomic mass is 32.2. The van der Waals surface area contributed by atoms with E-state index in [9.17, 15) is 18.6 Å². The summed E-state index contributed by atoms with van der Waals surface area (Å²) in [6.45, 7) is 4.43. The van der Waals surface area contributed by atoms with E-state index >= 15 is 0 Å². The first-order chi connectivity index (χ1) is 8.78. The number of aryl methyl sites for hydroxylation is 2. The molecular weight excluding hydrogens is 266 g/mol. The zero-order valence-electron chi connectivity index (χ0n) is 11.5. The average Bonchev–Trinajstić information content (AvgIpc) is 2.35. The third kappa shape index (κ3) is 3.76. The molecule has 0 spiro atoms. The molecule has 0 radical (unpaired) electrons. The fourth-order valence-corrected chi connectivity index (χ4v) is 3.49. The lowest BCUT2D eigenvalue weighted by Crippen LogP contribution is -2.53. The third-order valence-corrected chi connectivity index (χ3v) is 4.70. The van der Waals surface area contributed by atoms with Crippen molar-refractivity contribution in [2.75, 3.05) is 13.2 Å². The molecule has 1 rings (SSSR count). The molecule has 0 aromatic heterocycles. The molecular formula is C13H21NO4S. The van der Waals surface area contributed by atoms with E-state index in [-0.39, 0.29) is 4.90 Å². The number of aliphatic hydroxyl groups is 2. The lowest BCUT2D eigenvalue weighted by Gasteiger charge is -2.29. The maximum atomic E-state index is 12.3. The van der Waals surface area contributed by atoms with Crippen molar-refractivity contribution < 1.29 is 18.6 Å². The molecule has 0 saturated carbocycles. The van der Waals surface area contributed by atoms with Crippen LogP contribution in [0.5, 0.6) is 0 Å². The molecule has 0 heterocycles. The molecule has 3 N–H and O–H groups in total. The van der Waals surface area contributed by atoms with Crippen LogP contribution in [-0.2, 0) is 10.0 Å². The van der Waals surface area contributed by atoms with Gasteiger partial charge in [0.05, 0.1) is 23.6 Å². The van der Waals surface area contributed by atoms with Crippen LogP contribution in [0.25, 0.3) is 0 Å². The molecule has 108 valence electrons. The number of hydrogen-bond donors (Lipinski definition) is 3. The zero-order valence-corrected chi connectivity index (χ0v) is 12.3. The van der Waals surface area contributed by atoms with Gasteiger partial charge in [-0.05, 0) is 43.5 Å². The van der Waals surface area contributed by atoms with E-state index in [1.54, 1.807) is 19.1 Å². The number of nitrogens with one attached hydrogen (secondary N) is 1. The van der Waals surface area contributed by atoms with Crippen LogP contribution in [0.4, 0.5) is 0 Å². The summed E-state index contributed by atoms with van der Waals surface area (Å²) >= 11 is 0. The largest absolute Gasteiger partial charge is 0.394 e. The van der Waals surface area contributed by atoms with Gasteiger partial charge in [0.1, 0.15) is 0 Å². The van der Waals surface area contributed by atoms with Crippen LogP contribution in [0.2, 0.25) is 0 Å². The van der Waals surface area contributed by atoms with Gasteiger partial charge in [-0.2, -0.15) is 0 Å². The first-order valence-electron chi connectivity index (χ1n) is 6.12. The summed E-state index contributed by atoms with van der Waals surface area (Å²) in [4.78, 5) is 0.143. The van der Waals surface area contributed by atoms with Crippen molar-refractivity contribution in [2.24, 2.45) is 0 Å². The monoisotopic (exact) mass is 287 g/mol. The van der Waals surface area contributed by atoms with Crippen molar-refractivity contribution in [1.82, 2.24) is 4.72 Å². The fourth-order valence-electron chi connectivity index (χ4n) is 1.84. The topological polar surface area (TPSA) is 86.6 Å². The highest BCUT2D eigenvalue weighted by Gasteiger charge is 2.32. The third-order valence-electron chi connectivity index (χ3n) is 3.14. The van der Waals surface area contributed by atoms with Crippen molar-refractivity contribution in [1.29, 1.82) is 0 Å². The second kappa shape index (κ2) is 6.00. The molecule has 5 nitrogen and oxygen atoms in total. The van der Waals surface area contributed by atoms with Crippen molar-refractivity contribution in [2.45, 2.75) is 37.6 Å². The summed E-state index contributed by atoms with van der Waals surface area (Å²) in [5.74, 6) is 0. The summed E-state index contributed by atoms with van der Waals surface area (Å²) in [6.07, 6.45) is 0.296. The van der Waals surface area contributed by atoms with Gasteiger partial charge in [-0.1, -0.05) is 13.0 Å². The van der Waals surface area contributed by atoms with Gasteiger partial charge < -0.3 is 10.2 Å². The van der Waals surface area contributed by atoms with Crippen LogP contribution in [-0.4, -0.2) is 37.4 Å². The molecule has 6 heteroatoms. The SMILES string of the molecule is CCC(CO)(CO)NS(=O)(=O)c1cc(C)cc(C)c1. The number of aliphatic hydroxyl groups excluding tert-OH is 2. The van der Waals surface area contributed by atoms with Crippen LogP contribution in [0.3, 0.4) is 0 Å². The second-order valence-corrected chi connectivity index (χ2v) is 6.56. The predicted octanol–water partition coefficient (Wildman–Crippen LogP) is 0.715. The molecule has 0 unspecified atom stereocenters. The summed E-state index contributed by atoms with van der Waals surface area (Å²) in [5, 5.41) is 18.6. The van der Waals surface area contributed by atoms with E-state index in [1.165, 1.54) is 0 Å². The van der Waals surface area contributed by atoms with E-state index < -0.39 is 28.8 Å². The van der Waals surface area contributed by atoms with Crippen molar-refractivity contribution in [3.63, 3.8) is 0 Å². The van der Waals surface area contributed by atoms with Gasteiger partial charge in [0.25, 0.3) is 0 Å². The Bertz CT molecular complexity index is 507. The smallest absolute Gasteiger partial charge is 0.241 e. The quantitative estimate of drug-likeness (QED) is 0.719. The fraction of sp³-hybridized carbons (Fsp3) is 0.538. The molecule has 0 aliphatic carbocycles. The lowest BCUT2D eigenvalue weighted by molar-refractivity contribution is 0.105. The van der Waals surface area contributed by atoms with Gasteiger partial charge in [-0.25, -0.2) is 13.1 Å². The zero-order chi connectivity index (χ0) is 14.7. The number of sulfonamides is 1. The first-order valence-corrected chi connectivity index (χ1v) is 7.61. The molecule has 1 aromatic rings.